The summed E-state index contributed by atoms with van der Waals surface area (Å²) < 4.78 is 18.9. The zero-order valence-electron chi connectivity index (χ0n) is 17.1. The fourth-order valence-corrected chi connectivity index (χ4v) is 5.00. The van der Waals surface area contributed by atoms with Crippen LogP contribution in [0.4, 0.5) is 4.39 Å². The zero-order chi connectivity index (χ0) is 21.3. The van der Waals surface area contributed by atoms with Crippen molar-refractivity contribution in [3.05, 3.63) is 58.0 Å². The molecular formula is C22H24FN3O3S. The minimum absolute atomic E-state index is 0.0717. The van der Waals surface area contributed by atoms with E-state index < -0.39 is 12.0 Å². The maximum Gasteiger partial charge on any atom is 0.338 e. The third-order valence-electron chi connectivity index (χ3n) is 5.47. The van der Waals surface area contributed by atoms with E-state index in [1.807, 2.05) is 15.2 Å². The van der Waals surface area contributed by atoms with Crippen LogP contribution in [-0.2, 0) is 14.3 Å². The number of halogens is 1. The summed E-state index contributed by atoms with van der Waals surface area (Å²) in [5, 5.41) is 2.63. The van der Waals surface area contributed by atoms with E-state index in [1.165, 1.54) is 23.9 Å². The number of aliphatic imine (C=N–C) groups is 1. The van der Waals surface area contributed by atoms with Gasteiger partial charge in [-0.25, -0.2) is 14.2 Å². The van der Waals surface area contributed by atoms with Gasteiger partial charge in [0, 0.05) is 18.8 Å². The molecule has 1 unspecified atom stereocenters. The number of carbonyl (C=O) groups is 2. The Hall–Kier alpha value is -2.61. The van der Waals surface area contributed by atoms with Gasteiger partial charge < -0.3 is 14.5 Å². The molecule has 3 aliphatic rings. The van der Waals surface area contributed by atoms with Gasteiger partial charge in [-0.15, -0.1) is 0 Å². The topological polar surface area (TPSA) is 62.2 Å². The number of thioether (sulfide) groups is 1. The van der Waals surface area contributed by atoms with E-state index in [-0.39, 0.29) is 24.8 Å². The van der Waals surface area contributed by atoms with Crippen LogP contribution in [0.1, 0.15) is 44.7 Å². The van der Waals surface area contributed by atoms with Crippen molar-refractivity contribution in [3.63, 3.8) is 0 Å². The van der Waals surface area contributed by atoms with Gasteiger partial charge in [-0.05, 0) is 49.8 Å². The van der Waals surface area contributed by atoms with Gasteiger partial charge in [-0.3, -0.25) is 4.79 Å². The van der Waals surface area contributed by atoms with Crippen molar-refractivity contribution in [2.45, 2.75) is 39.2 Å². The fraction of sp³-hybridized carbons (Fsp3) is 0.409. The number of amidine groups is 1. The first-order chi connectivity index (χ1) is 14.5. The molecule has 1 amide bonds. The van der Waals surface area contributed by atoms with Crippen LogP contribution in [0.2, 0.25) is 0 Å². The highest BCUT2D eigenvalue weighted by Gasteiger charge is 2.41. The van der Waals surface area contributed by atoms with Gasteiger partial charge in [0.25, 0.3) is 0 Å². The van der Waals surface area contributed by atoms with Gasteiger partial charge in [0.1, 0.15) is 5.82 Å². The van der Waals surface area contributed by atoms with Gasteiger partial charge in [-0.1, -0.05) is 23.9 Å². The molecule has 0 N–H and O–H groups in total. The Kier molecular flexibility index (Phi) is 5.94. The number of nitrogens with zero attached hydrogens (tertiary/aromatic N) is 3. The van der Waals surface area contributed by atoms with Crippen LogP contribution in [0.5, 0.6) is 0 Å². The monoisotopic (exact) mass is 429 g/mol. The highest BCUT2D eigenvalue weighted by atomic mass is 32.2. The Morgan fingerprint density at radius 3 is 2.60 bits per heavy atom. The number of carbonyl (C=O) groups excluding carboxylic acids is 2. The first-order valence-corrected chi connectivity index (χ1v) is 11.0. The Bertz CT molecular complexity index is 949. The predicted molar refractivity (Wildman–Crippen MR) is 114 cm³/mol. The molecule has 0 spiro atoms. The molecule has 1 saturated heterocycles. The van der Waals surface area contributed by atoms with Gasteiger partial charge >= 0.3 is 5.97 Å². The summed E-state index contributed by atoms with van der Waals surface area (Å²) in [7, 11) is 0. The van der Waals surface area contributed by atoms with Crippen molar-refractivity contribution in [3.8, 4) is 0 Å². The number of fused-ring (bicyclic) bond motifs is 1. The fourth-order valence-electron chi connectivity index (χ4n) is 4.03. The summed E-state index contributed by atoms with van der Waals surface area (Å²) >= 11 is 1.43. The first kappa shape index (κ1) is 20.7. The zero-order valence-corrected chi connectivity index (χ0v) is 17.9. The molecule has 158 valence electrons. The molecule has 0 bridgehead atoms. The molecule has 4 rings (SSSR count). The first-order valence-electron chi connectivity index (χ1n) is 10.1. The molecule has 0 aliphatic carbocycles. The van der Waals surface area contributed by atoms with E-state index in [9.17, 15) is 14.0 Å². The number of likely N-dealkylation sites (tertiary alicyclic amines) is 1. The van der Waals surface area contributed by atoms with Crippen molar-refractivity contribution < 1.29 is 18.7 Å². The van der Waals surface area contributed by atoms with Gasteiger partial charge in [0.15, 0.2) is 5.17 Å². The number of benzene rings is 1. The maximum absolute atomic E-state index is 13.6. The predicted octanol–water partition coefficient (Wildman–Crippen LogP) is 3.98. The number of hydrogen-bond donors (Lipinski definition) is 0. The molecule has 6 nitrogen and oxygen atoms in total. The molecule has 1 fully saturated rings. The van der Waals surface area contributed by atoms with Crippen LogP contribution in [0.3, 0.4) is 0 Å². The maximum atomic E-state index is 13.6. The minimum atomic E-state index is -0.523. The van der Waals surface area contributed by atoms with Gasteiger partial charge in [0.05, 0.1) is 30.3 Å². The van der Waals surface area contributed by atoms with E-state index in [2.05, 4.69) is 4.99 Å². The number of ether oxygens (including phenoxy) is 1. The van der Waals surface area contributed by atoms with Crippen LogP contribution < -0.4 is 0 Å². The molecule has 30 heavy (non-hydrogen) atoms. The highest BCUT2D eigenvalue weighted by molar-refractivity contribution is 8.16. The van der Waals surface area contributed by atoms with E-state index in [0.29, 0.717) is 16.4 Å². The molecule has 3 aliphatic heterocycles. The largest absolute Gasteiger partial charge is 0.463 e. The summed E-state index contributed by atoms with van der Waals surface area (Å²) in [4.78, 5) is 34.0. The Labute approximate surface area is 179 Å². The lowest BCUT2D eigenvalue weighted by molar-refractivity contribution is -0.139. The Morgan fingerprint density at radius 2 is 1.93 bits per heavy atom. The second-order valence-electron chi connectivity index (χ2n) is 7.43. The summed E-state index contributed by atoms with van der Waals surface area (Å²) in [6.45, 7) is 5.35. The second kappa shape index (κ2) is 8.63. The van der Waals surface area contributed by atoms with Crippen molar-refractivity contribution in [2.24, 2.45) is 4.99 Å². The van der Waals surface area contributed by atoms with Crippen molar-refractivity contribution in [1.82, 2.24) is 9.80 Å². The van der Waals surface area contributed by atoms with E-state index in [0.717, 1.165) is 37.2 Å². The quantitative estimate of drug-likeness (QED) is 0.663. The third kappa shape index (κ3) is 3.88. The van der Waals surface area contributed by atoms with Crippen LogP contribution in [0, 0.1) is 5.82 Å². The summed E-state index contributed by atoms with van der Waals surface area (Å²) in [5.74, 6) is -0.728. The molecule has 8 heteroatoms. The van der Waals surface area contributed by atoms with Crippen LogP contribution in [-0.4, -0.2) is 46.5 Å². The number of hydrogen-bond acceptors (Lipinski definition) is 6. The smallest absolute Gasteiger partial charge is 0.338 e. The third-order valence-corrected chi connectivity index (χ3v) is 6.36. The molecule has 1 aromatic carbocycles. The van der Waals surface area contributed by atoms with Crippen molar-refractivity contribution in [2.75, 3.05) is 19.7 Å². The number of rotatable bonds is 5. The average molecular weight is 430 g/mol. The lowest BCUT2D eigenvalue weighted by atomic mass is 9.94. The van der Waals surface area contributed by atoms with Crippen molar-refractivity contribution >= 4 is 28.8 Å². The summed E-state index contributed by atoms with van der Waals surface area (Å²) in [6, 6.07) is 5.56. The highest BCUT2D eigenvalue weighted by Crippen LogP contribution is 2.45. The molecule has 0 radical (unpaired) electrons. The molecule has 0 aromatic heterocycles. The van der Waals surface area contributed by atoms with Crippen molar-refractivity contribution in [1.29, 1.82) is 0 Å². The summed E-state index contributed by atoms with van der Waals surface area (Å²) in [5.41, 5.74) is 2.52. The number of amides is 1. The van der Waals surface area contributed by atoms with Crippen LogP contribution in [0.15, 0.2) is 51.6 Å². The van der Waals surface area contributed by atoms with Gasteiger partial charge in [0.2, 0.25) is 5.91 Å². The van der Waals surface area contributed by atoms with Gasteiger partial charge in [-0.2, -0.15) is 0 Å². The van der Waals surface area contributed by atoms with E-state index >= 15 is 0 Å². The van der Waals surface area contributed by atoms with E-state index in [1.54, 1.807) is 26.0 Å². The van der Waals surface area contributed by atoms with Crippen LogP contribution >= 0.6 is 11.8 Å². The second-order valence-corrected chi connectivity index (χ2v) is 8.27. The number of allylic oxidation sites excluding steroid dienone is 1. The standard InChI is InChI=1S/C22H24FN3O3S/c1-3-29-21(28)19-14(2)24-22-26(20(19)15-6-8-16(23)9-7-15)17(13-30-22)12-18(27)25-10-4-5-11-25/h6-9,13,20H,3-5,10-12H2,1-2H3. The lowest BCUT2D eigenvalue weighted by Crippen LogP contribution is -2.38. The normalized spacial score (nSPS) is 20.8. The minimum Gasteiger partial charge on any atom is -0.463 e. The van der Waals surface area contributed by atoms with E-state index in [4.69, 9.17) is 4.74 Å². The van der Waals surface area contributed by atoms with Crippen LogP contribution in [0.25, 0.3) is 0 Å². The molecule has 1 aromatic rings. The Morgan fingerprint density at radius 1 is 1.23 bits per heavy atom. The molecule has 0 saturated carbocycles. The SMILES string of the molecule is CCOC(=O)C1=C(C)N=C2SC=C(CC(=O)N3CCCC3)N2C1c1ccc(F)cc1. The Balaban J connectivity index is 1.71. The average Bonchev–Trinajstić information content (AvgIpc) is 3.38. The molecule has 3 heterocycles. The lowest BCUT2D eigenvalue weighted by Gasteiger charge is -2.36. The molecule has 1 atom stereocenters. The number of esters is 1. The summed E-state index contributed by atoms with van der Waals surface area (Å²) in [6.07, 6.45) is 2.30. The molecular weight excluding hydrogens is 405 g/mol.